The van der Waals surface area contributed by atoms with Crippen LogP contribution in [0.3, 0.4) is 0 Å². The molecule has 0 saturated heterocycles. The second-order valence-corrected chi connectivity index (χ2v) is 8.45. The minimum Gasteiger partial charge on any atom is -0.497 e. The van der Waals surface area contributed by atoms with E-state index >= 15 is 0 Å². The van der Waals surface area contributed by atoms with Crippen molar-refractivity contribution in [2.24, 2.45) is 18.9 Å². The van der Waals surface area contributed by atoms with E-state index in [0.717, 1.165) is 58.1 Å². The highest BCUT2D eigenvalue weighted by Crippen LogP contribution is 2.42. The molecule has 4 aromatic rings. The summed E-state index contributed by atoms with van der Waals surface area (Å²) < 4.78 is 12.8. The van der Waals surface area contributed by atoms with Gasteiger partial charge in [0.1, 0.15) is 11.5 Å². The van der Waals surface area contributed by atoms with Crippen LogP contribution in [0.5, 0.6) is 11.5 Å². The molecule has 1 aliphatic rings. The fourth-order valence-electron chi connectivity index (χ4n) is 4.16. The average Bonchev–Trinajstić information content (AvgIpc) is 3.48. The lowest BCUT2D eigenvalue weighted by atomic mass is 10.1. The number of fused-ring (bicyclic) bond motifs is 1. The molecule has 2 heterocycles. The maximum absolute atomic E-state index is 9.59. The van der Waals surface area contributed by atoms with Crippen LogP contribution in [0.15, 0.2) is 55.0 Å². The van der Waals surface area contributed by atoms with Gasteiger partial charge in [-0.2, -0.15) is 5.10 Å². The molecule has 2 aromatic heterocycles. The van der Waals surface area contributed by atoms with Crippen LogP contribution in [-0.2, 0) is 7.05 Å². The van der Waals surface area contributed by atoms with Crippen molar-refractivity contribution in [3.05, 3.63) is 55.0 Å². The van der Waals surface area contributed by atoms with Crippen LogP contribution < -0.4 is 14.4 Å². The first-order valence-electron chi connectivity index (χ1n) is 10.9. The summed E-state index contributed by atoms with van der Waals surface area (Å²) in [5, 5.41) is 13.8. The molecule has 0 bridgehead atoms. The van der Waals surface area contributed by atoms with Crippen LogP contribution in [0.4, 0.5) is 11.4 Å². The quantitative estimate of drug-likeness (QED) is 0.441. The van der Waals surface area contributed by atoms with Crippen LogP contribution >= 0.6 is 0 Å². The third kappa shape index (κ3) is 4.34. The predicted molar refractivity (Wildman–Crippen MR) is 127 cm³/mol. The van der Waals surface area contributed by atoms with Gasteiger partial charge in [0.2, 0.25) is 0 Å². The first-order valence-corrected chi connectivity index (χ1v) is 10.9. The van der Waals surface area contributed by atoms with Crippen LogP contribution in [-0.4, -0.2) is 52.2 Å². The van der Waals surface area contributed by atoms with E-state index in [0.29, 0.717) is 11.8 Å². The summed E-state index contributed by atoms with van der Waals surface area (Å²) in [6.07, 6.45) is 6.51. The predicted octanol–water partition coefficient (Wildman–Crippen LogP) is 3.81. The molecule has 1 fully saturated rings. The van der Waals surface area contributed by atoms with Crippen LogP contribution in [0.25, 0.3) is 22.3 Å². The van der Waals surface area contributed by atoms with E-state index in [1.54, 1.807) is 31.3 Å². The SMILES string of the molecule is COc1cc(OC)cc(N(C[C@@H]2C[C@H]2CO)c2ccc3ncc(-c4cnn(C)c4)nc3c2)c1. The number of aliphatic hydroxyl groups excluding tert-OH is 1. The molecule has 1 N–H and O–H groups in total. The van der Waals surface area contributed by atoms with Crippen molar-refractivity contribution in [2.45, 2.75) is 6.42 Å². The molecule has 1 saturated carbocycles. The van der Waals surface area contributed by atoms with Crippen molar-refractivity contribution < 1.29 is 14.6 Å². The van der Waals surface area contributed by atoms with E-state index in [9.17, 15) is 5.11 Å². The number of aryl methyl sites for hydroxylation is 1. The Morgan fingerprint density at radius 3 is 2.42 bits per heavy atom. The molecule has 0 aliphatic heterocycles. The first kappa shape index (κ1) is 21.2. The summed E-state index contributed by atoms with van der Waals surface area (Å²) in [7, 11) is 5.18. The van der Waals surface area contributed by atoms with Gasteiger partial charge in [-0.15, -0.1) is 0 Å². The van der Waals surface area contributed by atoms with Crippen molar-refractivity contribution in [3.63, 3.8) is 0 Å². The number of methoxy groups -OCH3 is 2. The number of ether oxygens (including phenoxy) is 2. The Balaban J connectivity index is 1.57. The van der Waals surface area contributed by atoms with Gasteiger partial charge in [0.25, 0.3) is 0 Å². The minimum absolute atomic E-state index is 0.220. The number of rotatable bonds is 8. The molecule has 0 unspecified atom stereocenters. The van der Waals surface area contributed by atoms with E-state index < -0.39 is 0 Å². The van der Waals surface area contributed by atoms with Crippen molar-refractivity contribution >= 4 is 22.4 Å². The number of hydrogen-bond acceptors (Lipinski definition) is 7. The second kappa shape index (κ2) is 8.71. The summed E-state index contributed by atoms with van der Waals surface area (Å²) in [4.78, 5) is 11.7. The normalized spacial score (nSPS) is 17.2. The van der Waals surface area contributed by atoms with Crippen molar-refractivity contribution in [1.82, 2.24) is 19.7 Å². The molecule has 8 heteroatoms. The molecule has 1 aliphatic carbocycles. The summed E-state index contributed by atoms with van der Waals surface area (Å²) in [5.41, 5.74) is 5.31. The maximum Gasteiger partial charge on any atom is 0.124 e. The monoisotopic (exact) mass is 445 g/mol. The maximum atomic E-state index is 9.59. The van der Waals surface area contributed by atoms with Gasteiger partial charge in [-0.25, -0.2) is 4.98 Å². The summed E-state index contributed by atoms with van der Waals surface area (Å²) in [6.45, 7) is 1.00. The molecule has 170 valence electrons. The highest BCUT2D eigenvalue weighted by atomic mass is 16.5. The van der Waals surface area contributed by atoms with Crippen molar-refractivity contribution in [1.29, 1.82) is 0 Å². The van der Waals surface area contributed by atoms with Gasteiger partial charge in [-0.05, 0) is 36.5 Å². The van der Waals surface area contributed by atoms with Gasteiger partial charge in [0.15, 0.2) is 0 Å². The van der Waals surface area contributed by atoms with Gasteiger partial charge >= 0.3 is 0 Å². The van der Waals surface area contributed by atoms with Gasteiger partial charge in [0, 0.05) is 61.5 Å². The Labute approximate surface area is 192 Å². The Morgan fingerprint density at radius 1 is 1.00 bits per heavy atom. The molecule has 0 amide bonds. The summed E-state index contributed by atoms with van der Waals surface area (Å²) in [5.74, 6) is 2.22. The molecule has 2 aromatic carbocycles. The number of hydrogen-bond donors (Lipinski definition) is 1. The third-order valence-corrected chi connectivity index (χ3v) is 6.21. The van der Waals surface area contributed by atoms with E-state index in [-0.39, 0.29) is 6.61 Å². The molecular formula is C25H27N5O3. The van der Waals surface area contributed by atoms with Crippen molar-refractivity contribution in [2.75, 3.05) is 32.3 Å². The lowest BCUT2D eigenvalue weighted by Crippen LogP contribution is -2.21. The largest absolute Gasteiger partial charge is 0.497 e. The van der Waals surface area contributed by atoms with E-state index in [4.69, 9.17) is 14.5 Å². The lowest BCUT2D eigenvalue weighted by molar-refractivity contribution is 0.269. The smallest absolute Gasteiger partial charge is 0.124 e. The van der Waals surface area contributed by atoms with E-state index in [1.165, 1.54) is 0 Å². The number of nitrogens with zero attached hydrogens (tertiary/aromatic N) is 5. The Bertz CT molecular complexity index is 1270. The molecule has 0 spiro atoms. The van der Waals surface area contributed by atoms with Crippen LogP contribution in [0, 0.1) is 11.8 Å². The zero-order chi connectivity index (χ0) is 22.9. The molecule has 33 heavy (non-hydrogen) atoms. The Hall–Kier alpha value is -3.65. The second-order valence-electron chi connectivity index (χ2n) is 8.45. The minimum atomic E-state index is 0.220. The standard InChI is InChI=1S/C25H27N5O3/c1-29-13-18(11-27-29)25-12-26-23-5-4-19(9-24(23)28-25)30(14-16-6-17(16)15-31)20-7-21(32-2)10-22(8-20)33-3/h4-5,7-13,16-17,31H,6,14-15H2,1-3H3/t16-,17-/m0/s1. The van der Waals surface area contributed by atoms with Gasteiger partial charge in [0.05, 0.1) is 43.3 Å². The van der Waals surface area contributed by atoms with Gasteiger partial charge < -0.3 is 19.5 Å². The van der Waals surface area contributed by atoms with Gasteiger partial charge in [-0.3, -0.25) is 9.67 Å². The van der Waals surface area contributed by atoms with Crippen molar-refractivity contribution in [3.8, 4) is 22.8 Å². The number of aliphatic hydroxyl groups is 1. The van der Waals surface area contributed by atoms with Gasteiger partial charge in [-0.1, -0.05) is 0 Å². The summed E-state index contributed by atoms with van der Waals surface area (Å²) >= 11 is 0. The van der Waals surface area contributed by atoms with Crippen LogP contribution in [0.1, 0.15) is 6.42 Å². The number of aromatic nitrogens is 4. The first-order chi connectivity index (χ1) is 16.1. The fraction of sp³-hybridized carbons (Fsp3) is 0.320. The zero-order valence-corrected chi connectivity index (χ0v) is 19.0. The average molecular weight is 446 g/mol. The van der Waals surface area contributed by atoms with Crippen LogP contribution in [0.2, 0.25) is 0 Å². The molecule has 0 radical (unpaired) electrons. The fourth-order valence-corrected chi connectivity index (χ4v) is 4.16. The molecule has 2 atom stereocenters. The highest BCUT2D eigenvalue weighted by Gasteiger charge is 2.38. The number of benzene rings is 2. The molecule has 8 nitrogen and oxygen atoms in total. The van der Waals surface area contributed by atoms with E-state index in [2.05, 4.69) is 27.1 Å². The third-order valence-electron chi connectivity index (χ3n) is 6.21. The lowest BCUT2D eigenvalue weighted by Gasteiger charge is -2.26. The molecular weight excluding hydrogens is 418 g/mol. The summed E-state index contributed by atoms with van der Waals surface area (Å²) in [6, 6.07) is 12.0. The van der Waals surface area contributed by atoms with E-state index in [1.807, 2.05) is 37.5 Å². The molecule has 5 rings (SSSR count). The highest BCUT2D eigenvalue weighted by molar-refractivity contribution is 5.82. The zero-order valence-electron chi connectivity index (χ0n) is 19.0. The topological polar surface area (TPSA) is 85.5 Å². The Morgan fingerprint density at radius 2 is 1.79 bits per heavy atom. The Kier molecular flexibility index (Phi) is 5.60. The number of anilines is 2.